The van der Waals surface area contributed by atoms with E-state index in [1.165, 1.54) is 11.8 Å². The Morgan fingerprint density at radius 1 is 1.32 bits per heavy atom. The van der Waals surface area contributed by atoms with Gasteiger partial charge in [0, 0.05) is 24.8 Å². The fourth-order valence-corrected chi connectivity index (χ4v) is 2.56. The minimum absolute atomic E-state index is 0.0400. The number of aliphatic hydroxyl groups excluding tert-OH is 1. The molecule has 0 saturated carbocycles. The monoisotopic (exact) mass is 275 g/mol. The standard InChI is InChI=1S/C15H17NO2S/c1-11(17)16-10-12-4-6-13(7-5-12)15(18)9-14-3-2-8-19-14/h2-8,15,18H,9-10H2,1H3,(H,16,17). The predicted molar refractivity (Wildman–Crippen MR) is 76.9 cm³/mol. The molecule has 0 bridgehead atoms. The third-order valence-electron chi connectivity index (χ3n) is 2.88. The fourth-order valence-electron chi connectivity index (χ4n) is 1.82. The second-order valence-corrected chi connectivity index (χ2v) is 5.48. The van der Waals surface area contributed by atoms with Crippen LogP contribution in [0.5, 0.6) is 0 Å². The molecule has 0 spiro atoms. The van der Waals surface area contributed by atoms with Crippen molar-refractivity contribution in [3.05, 3.63) is 57.8 Å². The Balaban J connectivity index is 1.95. The van der Waals surface area contributed by atoms with Crippen molar-refractivity contribution in [2.24, 2.45) is 0 Å². The van der Waals surface area contributed by atoms with E-state index in [0.717, 1.165) is 11.1 Å². The van der Waals surface area contributed by atoms with Crippen LogP contribution in [0.2, 0.25) is 0 Å². The molecule has 0 fully saturated rings. The van der Waals surface area contributed by atoms with Crippen molar-refractivity contribution in [3.63, 3.8) is 0 Å². The van der Waals surface area contributed by atoms with Crippen LogP contribution in [0.4, 0.5) is 0 Å². The summed E-state index contributed by atoms with van der Waals surface area (Å²) < 4.78 is 0. The Morgan fingerprint density at radius 2 is 2.05 bits per heavy atom. The summed E-state index contributed by atoms with van der Waals surface area (Å²) in [5, 5.41) is 14.9. The summed E-state index contributed by atoms with van der Waals surface area (Å²) >= 11 is 1.65. The zero-order chi connectivity index (χ0) is 13.7. The first-order valence-electron chi connectivity index (χ1n) is 6.19. The number of nitrogens with one attached hydrogen (secondary N) is 1. The molecule has 0 saturated heterocycles. The topological polar surface area (TPSA) is 49.3 Å². The van der Waals surface area contributed by atoms with Crippen LogP contribution in [0.3, 0.4) is 0 Å². The van der Waals surface area contributed by atoms with Gasteiger partial charge < -0.3 is 10.4 Å². The maximum atomic E-state index is 10.8. The first kappa shape index (κ1) is 13.8. The van der Waals surface area contributed by atoms with Crippen LogP contribution in [0.15, 0.2) is 41.8 Å². The zero-order valence-corrected chi connectivity index (χ0v) is 11.6. The third kappa shape index (κ3) is 4.19. The first-order valence-corrected chi connectivity index (χ1v) is 7.07. The van der Waals surface area contributed by atoms with E-state index >= 15 is 0 Å². The molecule has 2 N–H and O–H groups in total. The van der Waals surface area contributed by atoms with Gasteiger partial charge in [0.25, 0.3) is 0 Å². The Kier molecular flexibility index (Phi) is 4.71. The summed E-state index contributed by atoms with van der Waals surface area (Å²) in [6.45, 7) is 2.02. The van der Waals surface area contributed by atoms with Gasteiger partial charge in [-0.15, -0.1) is 11.3 Å². The molecule has 2 rings (SSSR count). The molecule has 100 valence electrons. The molecule has 4 heteroatoms. The van der Waals surface area contributed by atoms with Gasteiger partial charge in [-0.3, -0.25) is 4.79 Å². The van der Waals surface area contributed by atoms with Crippen molar-refractivity contribution in [2.75, 3.05) is 0 Å². The first-order chi connectivity index (χ1) is 9.15. The van der Waals surface area contributed by atoms with Gasteiger partial charge in [0.05, 0.1) is 6.10 Å². The molecule has 0 aliphatic heterocycles. The van der Waals surface area contributed by atoms with Gasteiger partial charge in [0.15, 0.2) is 0 Å². The second-order valence-electron chi connectivity index (χ2n) is 4.45. The molecule has 1 heterocycles. The number of carbonyl (C=O) groups is 1. The minimum atomic E-state index is -0.478. The van der Waals surface area contributed by atoms with Gasteiger partial charge in [-0.2, -0.15) is 0 Å². The van der Waals surface area contributed by atoms with Crippen molar-refractivity contribution in [3.8, 4) is 0 Å². The predicted octanol–water partition coefficient (Wildman–Crippen LogP) is 2.66. The number of amides is 1. The molecule has 1 aromatic carbocycles. The molecular weight excluding hydrogens is 258 g/mol. The number of carbonyl (C=O) groups excluding carboxylic acids is 1. The highest BCUT2D eigenvalue weighted by Gasteiger charge is 2.09. The molecule has 0 aliphatic rings. The summed E-state index contributed by atoms with van der Waals surface area (Å²) in [4.78, 5) is 12.0. The Morgan fingerprint density at radius 3 is 2.63 bits per heavy atom. The highest BCUT2D eigenvalue weighted by molar-refractivity contribution is 7.09. The van der Waals surface area contributed by atoms with Gasteiger partial charge in [0.1, 0.15) is 0 Å². The third-order valence-corrected chi connectivity index (χ3v) is 3.78. The number of aliphatic hydroxyl groups is 1. The summed E-state index contributed by atoms with van der Waals surface area (Å²) in [5.74, 6) is -0.0400. The lowest BCUT2D eigenvalue weighted by molar-refractivity contribution is -0.119. The van der Waals surface area contributed by atoms with Gasteiger partial charge in [-0.1, -0.05) is 30.3 Å². The number of rotatable bonds is 5. The molecule has 3 nitrogen and oxygen atoms in total. The van der Waals surface area contributed by atoms with E-state index in [2.05, 4.69) is 5.32 Å². The number of thiophene rings is 1. The van der Waals surface area contributed by atoms with Crippen LogP contribution in [0, 0.1) is 0 Å². The van der Waals surface area contributed by atoms with Crippen LogP contribution in [0.25, 0.3) is 0 Å². The molecule has 1 unspecified atom stereocenters. The van der Waals surface area contributed by atoms with Gasteiger partial charge in [0.2, 0.25) is 5.91 Å². The van der Waals surface area contributed by atoms with Crippen molar-refractivity contribution in [1.29, 1.82) is 0 Å². The van der Waals surface area contributed by atoms with E-state index in [4.69, 9.17) is 0 Å². The molecule has 0 aliphatic carbocycles. The lowest BCUT2D eigenvalue weighted by Crippen LogP contribution is -2.18. The largest absolute Gasteiger partial charge is 0.388 e. The Hall–Kier alpha value is -1.65. The van der Waals surface area contributed by atoms with Crippen molar-refractivity contribution in [2.45, 2.75) is 26.0 Å². The normalized spacial score (nSPS) is 12.1. The molecule has 19 heavy (non-hydrogen) atoms. The quantitative estimate of drug-likeness (QED) is 0.881. The summed E-state index contributed by atoms with van der Waals surface area (Å²) in [7, 11) is 0. The lowest BCUT2D eigenvalue weighted by Gasteiger charge is -2.11. The zero-order valence-electron chi connectivity index (χ0n) is 10.8. The summed E-state index contributed by atoms with van der Waals surface area (Å²) in [6, 6.07) is 11.7. The van der Waals surface area contributed by atoms with Gasteiger partial charge in [-0.05, 0) is 22.6 Å². The van der Waals surface area contributed by atoms with Crippen LogP contribution in [0.1, 0.15) is 29.0 Å². The Bertz CT molecular complexity index is 520. The minimum Gasteiger partial charge on any atom is -0.388 e. The van der Waals surface area contributed by atoms with Gasteiger partial charge in [-0.25, -0.2) is 0 Å². The number of hydrogen-bond donors (Lipinski definition) is 2. The van der Waals surface area contributed by atoms with E-state index in [1.807, 2.05) is 41.8 Å². The highest BCUT2D eigenvalue weighted by Crippen LogP contribution is 2.21. The lowest BCUT2D eigenvalue weighted by atomic mass is 10.0. The van der Waals surface area contributed by atoms with E-state index in [0.29, 0.717) is 13.0 Å². The molecular formula is C15H17NO2S. The highest BCUT2D eigenvalue weighted by atomic mass is 32.1. The molecule has 1 atom stereocenters. The molecule has 1 aromatic heterocycles. The van der Waals surface area contributed by atoms with Crippen molar-refractivity contribution >= 4 is 17.2 Å². The van der Waals surface area contributed by atoms with Crippen LogP contribution in [-0.2, 0) is 17.8 Å². The van der Waals surface area contributed by atoms with Crippen molar-refractivity contribution in [1.82, 2.24) is 5.32 Å². The molecule has 2 aromatic rings. The van der Waals surface area contributed by atoms with Crippen molar-refractivity contribution < 1.29 is 9.90 Å². The smallest absolute Gasteiger partial charge is 0.217 e. The van der Waals surface area contributed by atoms with Gasteiger partial charge >= 0.3 is 0 Å². The SMILES string of the molecule is CC(=O)NCc1ccc(C(O)Cc2cccs2)cc1. The Labute approximate surface area is 116 Å². The number of benzene rings is 1. The maximum Gasteiger partial charge on any atom is 0.217 e. The summed E-state index contributed by atoms with van der Waals surface area (Å²) in [6.07, 6.45) is 0.163. The fraction of sp³-hybridized carbons (Fsp3) is 0.267. The molecule has 1 amide bonds. The number of hydrogen-bond acceptors (Lipinski definition) is 3. The van der Waals surface area contributed by atoms with E-state index in [1.54, 1.807) is 11.3 Å². The van der Waals surface area contributed by atoms with Crippen LogP contribution < -0.4 is 5.32 Å². The average molecular weight is 275 g/mol. The van der Waals surface area contributed by atoms with Crippen LogP contribution in [-0.4, -0.2) is 11.0 Å². The molecule has 0 radical (unpaired) electrons. The van der Waals surface area contributed by atoms with Crippen LogP contribution >= 0.6 is 11.3 Å². The maximum absolute atomic E-state index is 10.8. The van der Waals surface area contributed by atoms with E-state index < -0.39 is 6.10 Å². The van der Waals surface area contributed by atoms with E-state index in [9.17, 15) is 9.90 Å². The second kappa shape index (κ2) is 6.50. The van der Waals surface area contributed by atoms with E-state index in [-0.39, 0.29) is 5.91 Å². The average Bonchev–Trinajstić information content (AvgIpc) is 2.89. The summed E-state index contributed by atoms with van der Waals surface area (Å²) in [5.41, 5.74) is 1.93.